The Morgan fingerprint density at radius 1 is 0.353 bits per heavy atom. The van der Waals surface area contributed by atoms with Gasteiger partial charge in [0.1, 0.15) is 0 Å². The molecule has 0 aliphatic carbocycles. The van der Waals surface area contributed by atoms with Crippen LogP contribution in [-0.2, 0) is 23.7 Å². The molecule has 17 heavy (non-hydrogen) atoms. The van der Waals surface area contributed by atoms with E-state index in [4.69, 9.17) is 23.7 Å². The average Bonchev–Trinajstić information content (AvgIpc) is 2.39. The second-order valence-corrected chi connectivity index (χ2v) is 3.06. The maximum absolute atomic E-state index is 5.28. The molecule has 0 radical (unpaired) electrons. The molecular weight excluding hydrogens is 224 g/mol. The summed E-state index contributed by atoms with van der Waals surface area (Å²) >= 11 is 0. The van der Waals surface area contributed by atoms with Crippen LogP contribution in [0.1, 0.15) is 13.8 Å². The highest BCUT2D eigenvalue weighted by Gasteiger charge is 1.95. The minimum atomic E-state index is 0.611. The highest BCUT2D eigenvalue weighted by Crippen LogP contribution is 1.85. The quantitative estimate of drug-likeness (QED) is 0.644. The van der Waals surface area contributed by atoms with E-state index < -0.39 is 0 Å². The molecule has 0 bridgehead atoms. The van der Waals surface area contributed by atoms with Gasteiger partial charge in [0.2, 0.25) is 0 Å². The Labute approximate surface area is 104 Å². The van der Waals surface area contributed by atoms with Gasteiger partial charge in [-0.05, 0) is 0 Å². The fraction of sp³-hybridized carbons (Fsp3) is 1.00. The van der Waals surface area contributed by atoms with Crippen LogP contribution in [0.5, 0.6) is 0 Å². The molecule has 0 spiro atoms. The standard InChI is InChI=1S/C10H20O5.C2H6/c1-2-12-5-6-14-9-10-15-8-7-13-4-3-11-1;1-2/h1-10H2;1-2H3. The van der Waals surface area contributed by atoms with Crippen LogP contribution >= 0.6 is 0 Å². The maximum atomic E-state index is 5.28. The van der Waals surface area contributed by atoms with Crippen molar-refractivity contribution < 1.29 is 23.7 Å². The van der Waals surface area contributed by atoms with Crippen LogP contribution in [0.4, 0.5) is 0 Å². The van der Waals surface area contributed by atoms with E-state index in [0.29, 0.717) is 66.1 Å². The summed E-state index contributed by atoms with van der Waals surface area (Å²) in [5.41, 5.74) is 0. The summed E-state index contributed by atoms with van der Waals surface area (Å²) in [5, 5.41) is 0. The summed E-state index contributed by atoms with van der Waals surface area (Å²) in [6, 6.07) is 0. The van der Waals surface area contributed by atoms with E-state index in [0.717, 1.165) is 0 Å². The van der Waals surface area contributed by atoms with Crippen LogP contribution < -0.4 is 0 Å². The molecule has 0 aromatic carbocycles. The summed E-state index contributed by atoms with van der Waals surface area (Å²) in [5.74, 6) is 0. The molecule has 1 heterocycles. The van der Waals surface area contributed by atoms with E-state index in [-0.39, 0.29) is 0 Å². The molecule has 0 aromatic heterocycles. The van der Waals surface area contributed by atoms with Gasteiger partial charge in [0.15, 0.2) is 0 Å². The SMILES string of the molecule is C1COCCOCCOCCOCCO1.CC. The van der Waals surface area contributed by atoms with Crippen molar-refractivity contribution >= 4 is 0 Å². The summed E-state index contributed by atoms with van der Waals surface area (Å²) in [6.45, 7) is 10.1. The molecule has 1 rings (SSSR count). The minimum absolute atomic E-state index is 0.611. The lowest BCUT2D eigenvalue weighted by Crippen LogP contribution is -2.12. The fourth-order valence-corrected chi connectivity index (χ4v) is 1.10. The van der Waals surface area contributed by atoms with Crippen molar-refractivity contribution in [2.24, 2.45) is 0 Å². The van der Waals surface area contributed by atoms with Crippen LogP contribution in [0.3, 0.4) is 0 Å². The van der Waals surface area contributed by atoms with E-state index in [1.807, 2.05) is 13.8 Å². The third-order valence-electron chi connectivity index (χ3n) is 1.86. The van der Waals surface area contributed by atoms with Gasteiger partial charge < -0.3 is 23.7 Å². The smallest absolute Gasteiger partial charge is 0.0701 e. The number of hydrogen-bond acceptors (Lipinski definition) is 5. The van der Waals surface area contributed by atoms with Crippen molar-refractivity contribution in [3.63, 3.8) is 0 Å². The number of rotatable bonds is 0. The molecule has 1 aliphatic heterocycles. The third kappa shape index (κ3) is 13.7. The predicted octanol–water partition coefficient (Wildman–Crippen LogP) is 1.11. The Morgan fingerprint density at radius 3 is 0.588 bits per heavy atom. The van der Waals surface area contributed by atoms with Gasteiger partial charge in [0.05, 0.1) is 66.1 Å². The van der Waals surface area contributed by atoms with Gasteiger partial charge in [-0.1, -0.05) is 13.8 Å². The average molecular weight is 250 g/mol. The van der Waals surface area contributed by atoms with Crippen LogP contribution in [0.15, 0.2) is 0 Å². The van der Waals surface area contributed by atoms with Crippen molar-refractivity contribution in [3.8, 4) is 0 Å². The molecule has 1 saturated heterocycles. The summed E-state index contributed by atoms with van der Waals surface area (Å²) in [7, 11) is 0. The van der Waals surface area contributed by atoms with Crippen molar-refractivity contribution in [2.75, 3.05) is 66.1 Å². The summed E-state index contributed by atoms with van der Waals surface area (Å²) in [6.07, 6.45) is 0. The van der Waals surface area contributed by atoms with Gasteiger partial charge in [-0.3, -0.25) is 0 Å². The molecule has 104 valence electrons. The second kappa shape index (κ2) is 15.8. The van der Waals surface area contributed by atoms with Crippen LogP contribution in [-0.4, -0.2) is 66.1 Å². The lowest BCUT2D eigenvalue weighted by molar-refractivity contribution is 0.00206. The van der Waals surface area contributed by atoms with Crippen molar-refractivity contribution in [1.29, 1.82) is 0 Å². The van der Waals surface area contributed by atoms with E-state index >= 15 is 0 Å². The molecule has 0 saturated carbocycles. The topological polar surface area (TPSA) is 46.2 Å². The normalized spacial score (nSPS) is 21.5. The largest absolute Gasteiger partial charge is 0.377 e. The molecule has 0 unspecified atom stereocenters. The highest BCUT2D eigenvalue weighted by atomic mass is 16.6. The Morgan fingerprint density at radius 2 is 0.471 bits per heavy atom. The number of ether oxygens (including phenoxy) is 5. The van der Waals surface area contributed by atoms with Crippen LogP contribution in [0.2, 0.25) is 0 Å². The molecule has 5 nitrogen and oxygen atoms in total. The molecule has 1 aliphatic rings. The van der Waals surface area contributed by atoms with E-state index in [2.05, 4.69) is 0 Å². The Kier molecular flexibility index (Phi) is 15.6. The van der Waals surface area contributed by atoms with E-state index in [1.54, 1.807) is 0 Å². The molecule has 0 aromatic rings. The molecule has 5 heteroatoms. The molecule has 0 amide bonds. The first-order valence-corrected chi connectivity index (χ1v) is 6.39. The summed E-state index contributed by atoms with van der Waals surface area (Å²) < 4.78 is 26.4. The monoisotopic (exact) mass is 250 g/mol. The molecule has 0 atom stereocenters. The zero-order valence-corrected chi connectivity index (χ0v) is 11.1. The van der Waals surface area contributed by atoms with Gasteiger partial charge >= 0.3 is 0 Å². The third-order valence-corrected chi connectivity index (χ3v) is 1.86. The maximum Gasteiger partial charge on any atom is 0.0701 e. The summed E-state index contributed by atoms with van der Waals surface area (Å²) in [4.78, 5) is 0. The Bertz CT molecular complexity index is 73.5. The first-order valence-electron chi connectivity index (χ1n) is 6.39. The first-order chi connectivity index (χ1) is 8.50. The van der Waals surface area contributed by atoms with Crippen molar-refractivity contribution in [2.45, 2.75) is 13.8 Å². The molecule has 1 fully saturated rings. The zero-order valence-electron chi connectivity index (χ0n) is 11.1. The predicted molar refractivity (Wildman–Crippen MR) is 65.4 cm³/mol. The molecule has 0 N–H and O–H groups in total. The highest BCUT2D eigenvalue weighted by molar-refractivity contribution is 4.37. The molecular formula is C12H26O5. The van der Waals surface area contributed by atoms with E-state index in [1.165, 1.54) is 0 Å². The minimum Gasteiger partial charge on any atom is -0.377 e. The van der Waals surface area contributed by atoms with Gasteiger partial charge in [0.25, 0.3) is 0 Å². The first kappa shape index (κ1) is 16.8. The van der Waals surface area contributed by atoms with Gasteiger partial charge in [0, 0.05) is 0 Å². The van der Waals surface area contributed by atoms with Crippen molar-refractivity contribution in [3.05, 3.63) is 0 Å². The van der Waals surface area contributed by atoms with E-state index in [9.17, 15) is 0 Å². The zero-order chi connectivity index (χ0) is 12.6. The Balaban J connectivity index is 0.00000121. The van der Waals surface area contributed by atoms with Crippen LogP contribution in [0, 0.1) is 0 Å². The van der Waals surface area contributed by atoms with Gasteiger partial charge in [-0.25, -0.2) is 0 Å². The van der Waals surface area contributed by atoms with Crippen molar-refractivity contribution in [1.82, 2.24) is 0 Å². The van der Waals surface area contributed by atoms with Gasteiger partial charge in [-0.2, -0.15) is 0 Å². The Hall–Kier alpha value is -0.200. The fourth-order valence-electron chi connectivity index (χ4n) is 1.10. The number of hydrogen-bond donors (Lipinski definition) is 0. The lowest BCUT2D eigenvalue weighted by atomic mass is 10.7. The lowest BCUT2D eigenvalue weighted by Gasteiger charge is -2.05. The van der Waals surface area contributed by atoms with Gasteiger partial charge in [-0.15, -0.1) is 0 Å². The van der Waals surface area contributed by atoms with Crippen LogP contribution in [0.25, 0.3) is 0 Å². The second-order valence-electron chi connectivity index (χ2n) is 3.06.